The van der Waals surface area contributed by atoms with Gasteiger partial charge in [-0.15, -0.1) is 0 Å². The van der Waals surface area contributed by atoms with E-state index in [1.807, 2.05) is 0 Å². The summed E-state index contributed by atoms with van der Waals surface area (Å²) < 4.78 is 18.2. The Morgan fingerprint density at radius 3 is 3.11 bits per heavy atom. The molecule has 0 radical (unpaired) electrons. The van der Waals surface area contributed by atoms with Crippen molar-refractivity contribution in [2.45, 2.75) is 18.9 Å². The van der Waals surface area contributed by atoms with Crippen molar-refractivity contribution < 1.29 is 13.9 Å². The topological polar surface area (TPSA) is 50.4 Å². The fourth-order valence-electron chi connectivity index (χ4n) is 1.93. The van der Waals surface area contributed by atoms with Crippen LogP contribution in [0.3, 0.4) is 0 Å². The zero-order chi connectivity index (χ0) is 13.7. The lowest BCUT2D eigenvalue weighted by molar-refractivity contribution is -0.123. The number of benzene rings is 1. The molecule has 0 saturated carbocycles. The third kappa shape index (κ3) is 4.36. The molecule has 6 heteroatoms. The first-order valence-electron chi connectivity index (χ1n) is 6.23. The minimum atomic E-state index is -0.509. The zero-order valence-corrected chi connectivity index (χ0v) is 11.2. The number of carbonyl (C=O) groups is 1. The second-order valence-electron chi connectivity index (χ2n) is 4.46. The summed E-state index contributed by atoms with van der Waals surface area (Å²) in [7, 11) is 0. The number of rotatable bonds is 5. The summed E-state index contributed by atoms with van der Waals surface area (Å²) in [6, 6.07) is 4.34. The molecule has 1 aromatic rings. The molecule has 1 aliphatic heterocycles. The monoisotopic (exact) mass is 286 g/mol. The Bertz CT molecular complexity index is 450. The molecular weight excluding hydrogens is 271 g/mol. The van der Waals surface area contributed by atoms with Crippen molar-refractivity contribution in [1.29, 1.82) is 0 Å². The maximum absolute atomic E-state index is 12.9. The van der Waals surface area contributed by atoms with E-state index in [0.29, 0.717) is 18.3 Å². The van der Waals surface area contributed by atoms with Crippen molar-refractivity contribution >= 4 is 17.5 Å². The SMILES string of the molecule is O=C(COc1ccc(F)c(Cl)c1)NCC1CCCN1. The average molecular weight is 287 g/mol. The Kier molecular flexibility index (Phi) is 4.99. The Balaban J connectivity index is 1.71. The summed E-state index contributed by atoms with van der Waals surface area (Å²) in [6.45, 7) is 1.51. The summed E-state index contributed by atoms with van der Waals surface area (Å²) in [5, 5.41) is 6.05. The van der Waals surface area contributed by atoms with Gasteiger partial charge < -0.3 is 15.4 Å². The third-order valence-electron chi connectivity index (χ3n) is 2.97. The molecule has 1 aliphatic rings. The first-order valence-corrected chi connectivity index (χ1v) is 6.61. The number of nitrogens with one attached hydrogen (secondary N) is 2. The van der Waals surface area contributed by atoms with E-state index in [9.17, 15) is 9.18 Å². The van der Waals surface area contributed by atoms with Crippen LogP contribution < -0.4 is 15.4 Å². The van der Waals surface area contributed by atoms with Crippen LogP contribution in [-0.4, -0.2) is 31.6 Å². The first-order chi connectivity index (χ1) is 9.15. The van der Waals surface area contributed by atoms with E-state index in [-0.39, 0.29) is 17.5 Å². The highest BCUT2D eigenvalue weighted by Gasteiger charge is 2.14. The van der Waals surface area contributed by atoms with Gasteiger partial charge in [0.05, 0.1) is 5.02 Å². The highest BCUT2D eigenvalue weighted by atomic mass is 35.5. The van der Waals surface area contributed by atoms with Gasteiger partial charge in [0.25, 0.3) is 5.91 Å². The fourth-order valence-corrected chi connectivity index (χ4v) is 2.11. The Morgan fingerprint density at radius 1 is 1.58 bits per heavy atom. The van der Waals surface area contributed by atoms with Crippen molar-refractivity contribution in [3.63, 3.8) is 0 Å². The highest BCUT2D eigenvalue weighted by molar-refractivity contribution is 6.30. The molecule has 1 atom stereocenters. The van der Waals surface area contributed by atoms with Gasteiger partial charge in [-0.25, -0.2) is 4.39 Å². The number of hydrogen-bond acceptors (Lipinski definition) is 3. The van der Waals surface area contributed by atoms with E-state index >= 15 is 0 Å². The maximum Gasteiger partial charge on any atom is 0.257 e. The van der Waals surface area contributed by atoms with Gasteiger partial charge in [0, 0.05) is 18.7 Å². The molecule has 4 nitrogen and oxygen atoms in total. The molecule has 1 amide bonds. The molecule has 19 heavy (non-hydrogen) atoms. The first kappa shape index (κ1) is 14.1. The van der Waals surface area contributed by atoms with Gasteiger partial charge in [0.1, 0.15) is 11.6 Å². The van der Waals surface area contributed by atoms with Gasteiger partial charge in [-0.1, -0.05) is 11.6 Å². The predicted molar refractivity (Wildman–Crippen MR) is 70.9 cm³/mol. The van der Waals surface area contributed by atoms with Gasteiger partial charge in [0.2, 0.25) is 0 Å². The van der Waals surface area contributed by atoms with Crippen LogP contribution in [0.25, 0.3) is 0 Å². The van der Waals surface area contributed by atoms with Crippen molar-refractivity contribution in [1.82, 2.24) is 10.6 Å². The molecular formula is C13H16ClFN2O2. The number of hydrogen-bond donors (Lipinski definition) is 2. The summed E-state index contributed by atoms with van der Waals surface area (Å²) in [5.41, 5.74) is 0. The number of carbonyl (C=O) groups excluding carboxylic acids is 1. The number of halogens is 2. The van der Waals surface area contributed by atoms with Gasteiger partial charge in [-0.3, -0.25) is 4.79 Å². The minimum Gasteiger partial charge on any atom is -0.484 e. The van der Waals surface area contributed by atoms with Crippen LogP contribution >= 0.6 is 11.6 Å². The van der Waals surface area contributed by atoms with Crippen LogP contribution in [0.4, 0.5) is 4.39 Å². The molecule has 1 heterocycles. The predicted octanol–water partition coefficient (Wildman–Crippen LogP) is 1.73. The van der Waals surface area contributed by atoms with E-state index in [1.54, 1.807) is 0 Å². The lowest BCUT2D eigenvalue weighted by Gasteiger charge is -2.12. The lowest BCUT2D eigenvalue weighted by atomic mass is 10.2. The second kappa shape index (κ2) is 6.73. The van der Waals surface area contributed by atoms with Crippen molar-refractivity contribution in [3.8, 4) is 5.75 Å². The average Bonchev–Trinajstić information content (AvgIpc) is 2.91. The molecule has 1 fully saturated rings. The molecule has 0 bridgehead atoms. The summed E-state index contributed by atoms with van der Waals surface area (Å²) in [5.74, 6) is -0.333. The number of amides is 1. The third-order valence-corrected chi connectivity index (χ3v) is 3.26. The van der Waals surface area contributed by atoms with Gasteiger partial charge in [0.15, 0.2) is 6.61 Å². The molecule has 104 valence electrons. The van der Waals surface area contributed by atoms with Crippen molar-refractivity contribution in [2.24, 2.45) is 0 Å². The maximum atomic E-state index is 12.9. The van der Waals surface area contributed by atoms with Gasteiger partial charge in [-0.2, -0.15) is 0 Å². The zero-order valence-electron chi connectivity index (χ0n) is 10.4. The summed E-state index contributed by atoms with van der Waals surface area (Å²) in [4.78, 5) is 11.6. The number of ether oxygens (including phenoxy) is 1. The van der Waals surface area contributed by atoms with Crippen LogP contribution in [0, 0.1) is 5.82 Å². The van der Waals surface area contributed by atoms with Crippen LogP contribution in [0.5, 0.6) is 5.75 Å². The Morgan fingerprint density at radius 2 is 2.42 bits per heavy atom. The van der Waals surface area contributed by atoms with E-state index < -0.39 is 5.82 Å². The second-order valence-corrected chi connectivity index (χ2v) is 4.87. The van der Waals surface area contributed by atoms with E-state index in [2.05, 4.69) is 10.6 Å². The normalized spacial score (nSPS) is 18.3. The van der Waals surface area contributed by atoms with E-state index in [1.165, 1.54) is 18.2 Å². The Hall–Kier alpha value is -1.33. The largest absolute Gasteiger partial charge is 0.484 e. The summed E-state index contributed by atoms with van der Waals surface area (Å²) in [6.07, 6.45) is 2.22. The lowest BCUT2D eigenvalue weighted by Crippen LogP contribution is -2.39. The Labute approximate surface area is 116 Å². The van der Waals surface area contributed by atoms with Crippen LogP contribution in [0.15, 0.2) is 18.2 Å². The fraction of sp³-hybridized carbons (Fsp3) is 0.462. The summed E-state index contributed by atoms with van der Waals surface area (Å²) >= 11 is 5.61. The van der Waals surface area contributed by atoms with E-state index in [0.717, 1.165) is 19.4 Å². The molecule has 1 saturated heterocycles. The van der Waals surface area contributed by atoms with Crippen LogP contribution in [0.2, 0.25) is 5.02 Å². The standard InChI is InChI=1S/C13H16ClFN2O2/c14-11-6-10(3-4-12(11)15)19-8-13(18)17-7-9-2-1-5-16-9/h3-4,6,9,16H,1-2,5,7-8H2,(H,17,18). The smallest absolute Gasteiger partial charge is 0.257 e. The molecule has 2 N–H and O–H groups in total. The van der Waals surface area contributed by atoms with E-state index in [4.69, 9.17) is 16.3 Å². The quantitative estimate of drug-likeness (QED) is 0.867. The van der Waals surface area contributed by atoms with Gasteiger partial charge in [-0.05, 0) is 31.5 Å². The van der Waals surface area contributed by atoms with Crippen molar-refractivity contribution in [2.75, 3.05) is 19.7 Å². The van der Waals surface area contributed by atoms with Gasteiger partial charge >= 0.3 is 0 Å². The molecule has 0 aromatic heterocycles. The van der Waals surface area contributed by atoms with Crippen LogP contribution in [0.1, 0.15) is 12.8 Å². The molecule has 1 aromatic carbocycles. The molecule has 2 rings (SSSR count). The molecule has 0 aliphatic carbocycles. The molecule has 0 spiro atoms. The van der Waals surface area contributed by atoms with Crippen LogP contribution in [-0.2, 0) is 4.79 Å². The highest BCUT2D eigenvalue weighted by Crippen LogP contribution is 2.20. The minimum absolute atomic E-state index is 0.0203. The van der Waals surface area contributed by atoms with Crippen molar-refractivity contribution in [3.05, 3.63) is 29.0 Å². The molecule has 1 unspecified atom stereocenters.